The van der Waals surface area contributed by atoms with Crippen molar-refractivity contribution in [3.63, 3.8) is 0 Å². The van der Waals surface area contributed by atoms with Crippen LogP contribution < -0.4 is 10.5 Å². The number of nitrogens with zero attached hydrogens (tertiary/aromatic N) is 1. The van der Waals surface area contributed by atoms with Gasteiger partial charge in [0.1, 0.15) is 6.61 Å². The largest absolute Gasteiger partial charge is 0.473 e. The monoisotopic (exact) mass is 228 g/mol. The summed E-state index contributed by atoms with van der Waals surface area (Å²) in [6.45, 7) is 2.46. The fourth-order valence-electron chi connectivity index (χ4n) is 1.52. The van der Waals surface area contributed by atoms with E-state index in [0.717, 1.165) is 11.1 Å². The first-order valence-electron chi connectivity index (χ1n) is 5.64. The second-order valence-corrected chi connectivity index (χ2v) is 3.99. The molecule has 2 rings (SSSR count). The molecule has 0 aliphatic rings. The van der Waals surface area contributed by atoms with Gasteiger partial charge in [0.15, 0.2) is 0 Å². The van der Waals surface area contributed by atoms with Gasteiger partial charge in [-0.2, -0.15) is 0 Å². The fraction of sp³-hybridized carbons (Fsp3) is 0.214. The molecular formula is C14H16N2O. The molecule has 88 valence electrons. The predicted octanol–water partition coefficient (Wildman–Crippen LogP) is 2.68. The molecule has 1 atom stereocenters. The maximum Gasteiger partial charge on any atom is 0.213 e. The van der Waals surface area contributed by atoms with Gasteiger partial charge < -0.3 is 10.5 Å². The maximum atomic E-state index is 5.81. The van der Waals surface area contributed by atoms with E-state index in [1.807, 2.05) is 49.4 Å². The Labute approximate surface area is 101 Å². The highest BCUT2D eigenvalue weighted by Gasteiger charge is 2.02. The molecule has 2 N–H and O–H groups in total. The van der Waals surface area contributed by atoms with E-state index in [1.54, 1.807) is 6.20 Å². The van der Waals surface area contributed by atoms with Crippen molar-refractivity contribution >= 4 is 0 Å². The molecule has 1 aromatic heterocycles. The Hall–Kier alpha value is -1.87. The molecule has 0 spiro atoms. The number of hydrogen-bond donors (Lipinski definition) is 1. The van der Waals surface area contributed by atoms with Gasteiger partial charge in [-0.3, -0.25) is 0 Å². The van der Waals surface area contributed by atoms with Crippen LogP contribution in [0.5, 0.6) is 5.88 Å². The van der Waals surface area contributed by atoms with E-state index in [-0.39, 0.29) is 6.04 Å². The van der Waals surface area contributed by atoms with E-state index in [4.69, 9.17) is 10.5 Å². The van der Waals surface area contributed by atoms with Crippen LogP contribution in [0.1, 0.15) is 24.1 Å². The zero-order valence-electron chi connectivity index (χ0n) is 9.84. The summed E-state index contributed by atoms with van der Waals surface area (Å²) in [6, 6.07) is 13.8. The minimum absolute atomic E-state index is 0.00271. The van der Waals surface area contributed by atoms with E-state index in [9.17, 15) is 0 Å². The van der Waals surface area contributed by atoms with Gasteiger partial charge >= 0.3 is 0 Å². The van der Waals surface area contributed by atoms with Crippen LogP contribution >= 0.6 is 0 Å². The SMILES string of the molecule is C[C@@H](N)c1ccnc(OCc2ccccc2)c1. The van der Waals surface area contributed by atoms with E-state index in [0.29, 0.717) is 12.5 Å². The topological polar surface area (TPSA) is 48.1 Å². The molecule has 0 saturated heterocycles. The van der Waals surface area contributed by atoms with Gasteiger partial charge in [0, 0.05) is 18.3 Å². The van der Waals surface area contributed by atoms with Crippen molar-refractivity contribution in [2.45, 2.75) is 19.6 Å². The van der Waals surface area contributed by atoms with Crippen LogP contribution in [0, 0.1) is 0 Å². The molecule has 3 nitrogen and oxygen atoms in total. The molecule has 0 unspecified atom stereocenters. The third-order valence-electron chi connectivity index (χ3n) is 2.51. The van der Waals surface area contributed by atoms with Gasteiger partial charge in [0.2, 0.25) is 5.88 Å². The van der Waals surface area contributed by atoms with Crippen molar-refractivity contribution in [2.75, 3.05) is 0 Å². The molecule has 0 amide bonds. The standard InChI is InChI=1S/C14H16N2O/c1-11(15)13-7-8-16-14(9-13)17-10-12-5-3-2-4-6-12/h2-9,11H,10,15H2,1H3/t11-/m1/s1. The number of benzene rings is 1. The van der Waals surface area contributed by atoms with Gasteiger partial charge in [0.05, 0.1) is 0 Å². The zero-order chi connectivity index (χ0) is 12.1. The maximum absolute atomic E-state index is 5.81. The van der Waals surface area contributed by atoms with Gasteiger partial charge in [-0.25, -0.2) is 4.98 Å². The van der Waals surface area contributed by atoms with Crippen molar-refractivity contribution in [2.24, 2.45) is 5.73 Å². The average molecular weight is 228 g/mol. The summed E-state index contributed by atoms with van der Waals surface area (Å²) in [7, 11) is 0. The smallest absolute Gasteiger partial charge is 0.213 e. The summed E-state index contributed by atoms with van der Waals surface area (Å²) >= 11 is 0. The Bertz CT molecular complexity index is 469. The molecule has 2 aromatic rings. The molecule has 0 aliphatic carbocycles. The van der Waals surface area contributed by atoms with Gasteiger partial charge in [-0.1, -0.05) is 30.3 Å². The van der Waals surface area contributed by atoms with Crippen molar-refractivity contribution < 1.29 is 4.74 Å². The van der Waals surface area contributed by atoms with E-state index >= 15 is 0 Å². The van der Waals surface area contributed by atoms with Gasteiger partial charge in [-0.05, 0) is 24.1 Å². The van der Waals surface area contributed by atoms with Crippen LogP contribution in [0.25, 0.3) is 0 Å². The third-order valence-corrected chi connectivity index (χ3v) is 2.51. The summed E-state index contributed by atoms with van der Waals surface area (Å²) in [5, 5.41) is 0. The molecule has 3 heteroatoms. The van der Waals surface area contributed by atoms with Crippen LogP contribution in [0.15, 0.2) is 48.7 Å². The molecule has 0 radical (unpaired) electrons. The Kier molecular flexibility index (Phi) is 3.73. The van der Waals surface area contributed by atoms with Crippen LogP contribution in [-0.4, -0.2) is 4.98 Å². The van der Waals surface area contributed by atoms with Crippen LogP contribution in [0.4, 0.5) is 0 Å². The average Bonchev–Trinajstić information content (AvgIpc) is 2.38. The highest BCUT2D eigenvalue weighted by molar-refractivity contribution is 5.23. The molecule has 1 aromatic carbocycles. The molecular weight excluding hydrogens is 212 g/mol. The lowest BCUT2D eigenvalue weighted by atomic mass is 10.1. The second-order valence-electron chi connectivity index (χ2n) is 3.99. The third kappa shape index (κ3) is 3.29. The number of rotatable bonds is 4. The van der Waals surface area contributed by atoms with Gasteiger partial charge in [0.25, 0.3) is 0 Å². The molecule has 0 fully saturated rings. The quantitative estimate of drug-likeness (QED) is 0.875. The summed E-state index contributed by atoms with van der Waals surface area (Å²) in [4.78, 5) is 4.16. The molecule has 0 aliphatic heterocycles. The first-order chi connectivity index (χ1) is 8.25. The summed E-state index contributed by atoms with van der Waals surface area (Å²) in [6.07, 6.45) is 1.72. The number of hydrogen-bond acceptors (Lipinski definition) is 3. The van der Waals surface area contributed by atoms with Crippen LogP contribution in [-0.2, 0) is 6.61 Å². The van der Waals surface area contributed by atoms with E-state index in [1.165, 1.54) is 0 Å². The van der Waals surface area contributed by atoms with Crippen molar-refractivity contribution in [3.05, 3.63) is 59.8 Å². The van der Waals surface area contributed by atoms with Crippen LogP contribution in [0.2, 0.25) is 0 Å². The first kappa shape index (κ1) is 11.6. The number of nitrogens with two attached hydrogens (primary N) is 1. The Morgan fingerprint density at radius 2 is 2.00 bits per heavy atom. The van der Waals surface area contributed by atoms with E-state index in [2.05, 4.69) is 4.98 Å². The lowest BCUT2D eigenvalue weighted by Gasteiger charge is -2.08. The van der Waals surface area contributed by atoms with Crippen molar-refractivity contribution in [3.8, 4) is 5.88 Å². The minimum atomic E-state index is -0.00271. The minimum Gasteiger partial charge on any atom is -0.473 e. The summed E-state index contributed by atoms with van der Waals surface area (Å²) < 4.78 is 5.62. The highest BCUT2D eigenvalue weighted by atomic mass is 16.5. The second kappa shape index (κ2) is 5.46. The van der Waals surface area contributed by atoms with Crippen molar-refractivity contribution in [1.29, 1.82) is 0 Å². The Morgan fingerprint density at radius 1 is 1.24 bits per heavy atom. The lowest BCUT2D eigenvalue weighted by Crippen LogP contribution is -2.06. The number of pyridine rings is 1. The summed E-state index contributed by atoms with van der Waals surface area (Å²) in [5.74, 6) is 0.614. The molecule has 17 heavy (non-hydrogen) atoms. The predicted molar refractivity (Wildman–Crippen MR) is 67.6 cm³/mol. The summed E-state index contributed by atoms with van der Waals surface area (Å²) in [5.41, 5.74) is 7.96. The Balaban J connectivity index is 2.02. The molecule has 0 bridgehead atoms. The normalized spacial score (nSPS) is 12.1. The Morgan fingerprint density at radius 3 is 2.71 bits per heavy atom. The van der Waals surface area contributed by atoms with Gasteiger partial charge in [-0.15, -0.1) is 0 Å². The number of ether oxygens (including phenoxy) is 1. The highest BCUT2D eigenvalue weighted by Crippen LogP contribution is 2.15. The number of aromatic nitrogens is 1. The fourth-order valence-corrected chi connectivity index (χ4v) is 1.52. The molecule has 0 saturated carbocycles. The molecule has 1 heterocycles. The first-order valence-corrected chi connectivity index (χ1v) is 5.64. The zero-order valence-corrected chi connectivity index (χ0v) is 9.84. The van der Waals surface area contributed by atoms with E-state index < -0.39 is 0 Å². The lowest BCUT2D eigenvalue weighted by molar-refractivity contribution is 0.293. The van der Waals surface area contributed by atoms with Crippen molar-refractivity contribution in [1.82, 2.24) is 4.98 Å². The van der Waals surface area contributed by atoms with Crippen LogP contribution in [0.3, 0.4) is 0 Å².